The van der Waals surface area contributed by atoms with Gasteiger partial charge in [-0.15, -0.1) is 23.4 Å². The summed E-state index contributed by atoms with van der Waals surface area (Å²) in [5.41, 5.74) is -0.428. The van der Waals surface area contributed by atoms with Gasteiger partial charge in [0.25, 0.3) is 11.4 Å². The molecule has 4 aliphatic rings. The van der Waals surface area contributed by atoms with Crippen LogP contribution in [-0.4, -0.2) is 20.5 Å². The molecule has 0 aromatic heterocycles. The zero-order valence-electron chi connectivity index (χ0n) is 10.7. The summed E-state index contributed by atoms with van der Waals surface area (Å²) in [6.45, 7) is 0. The van der Waals surface area contributed by atoms with Gasteiger partial charge in [-0.2, -0.15) is 0 Å². The Labute approximate surface area is 129 Å². The van der Waals surface area contributed by atoms with Gasteiger partial charge in [0, 0.05) is 16.7 Å². The lowest BCUT2D eigenvalue weighted by molar-refractivity contribution is -0.396. The first-order valence-corrected chi connectivity index (χ1v) is 8.04. The molecule has 4 fully saturated rings. The van der Waals surface area contributed by atoms with Gasteiger partial charge in [0.2, 0.25) is 0 Å². The van der Waals surface area contributed by atoms with E-state index < -0.39 is 9.85 Å². The number of nitrogens with zero attached hydrogens (tertiary/aromatic N) is 2. The van der Waals surface area contributed by atoms with Crippen LogP contribution in [0.4, 0.5) is 11.4 Å². The monoisotopic (exact) mass is 326 g/mol. The summed E-state index contributed by atoms with van der Waals surface area (Å²) in [5.74, 6) is 2.29. The number of non-ortho nitro benzene ring substituents is 1. The maximum Gasteiger partial charge on any atom is 0.289 e. The molecule has 6 nitrogen and oxygen atoms in total. The molecular formula is C13H11ClN2O4S. The fourth-order valence-corrected chi connectivity index (χ4v) is 6.55. The average molecular weight is 327 g/mol. The zero-order chi connectivity index (χ0) is 14.9. The molecule has 4 saturated carbocycles. The summed E-state index contributed by atoms with van der Waals surface area (Å²) in [4.78, 5) is 21.3. The predicted molar refractivity (Wildman–Crippen MR) is 77.6 cm³/mol. The minimum Gasteiger partial charge on any atom is -0.258 e. The molecule has 0 heterocycles. The predicted octanol–water partition coefficient (Wildman–Crippen LogP) is 3.47. The molecule has 21 heavy (non-hydrogen) atoms. The van der Waals surface area contributed by atoms with Crippen LogP contribution < -0.4 is 0 Å². The summed E-state index contributed by atoms with van der Waals surface area (Å²) < 4.78 is 0. The molecule has 4 bridgehead atoms. The number of nitro groups is 2. The smallest absolute Gasteiger partial charge is 0.258 e. The molecule has 110 valence electrons. The second-order valence-corrected chi connectivity index (χ2v) is 7.64. The van der Waals surface area contributed by atoms with Crippen LogP contribution in [0.1, 0.15) is 6.42 Å². The van der Waals surface area contributed by atoms with Crippen LogP contribution >= 0.6 is 23.4 Å². The highest BCUT2D eigenvalue weighted by Gasteiger charge is 2.73. The van der Waals surface area contributed by atoms with Crippen LogP contribution in [0.15, 0.2) is 23.1 Å². The van der Waals surface area contributed by atoms with E-state index in [0.29, 0.717) is 33.8 Å². The van der Waals surface area contributed by atoms with Crippen LogP contribution in [0.25, 0.3) is 0 Å². The Balaban J connectivity index is 1.64. The minimum absolute atomic E-state index is 0.179. The molecule has 0 saturated heterocycles. The second kappa shape index (κ2) is 4.33. The van der Waals surface area contributed by atoms with E-state index in [1.54, 1.807) is 0 Å². The van der Waals surface area contributed by atoms with Crippen LogP contribution in [0, 0.1) is 43.9 Å². The van der Waals surface area contributed by atoms with Crippen molar-refractivity contribution in [2.75, 3.05) is 0 Å². The molecule has 0 amide bonds. The van der Waals surface area contributed by atoms with Crippen molar-refractivity contribution in [3.05, 3.63) is 38.4 Å². The van der Waals surface area contributed by atoms with E-state index in [1.165, 1.54) is 23.9 Å². The number of halogens is 1. The lowest BCUT2D eigenvalue weighted by atomic mass is 10.1. The number of alkyl halides is 1. The van der Waals surface area contributed by atoms with Gasteiger partial charge < -0.3 is 0 Å². The van der Waals surface area contributed by atoms with Crippen molar-refractivity contribution in [3.8, 4) is 0 Å². The first-order valence-electron chi connectivity index (χ1n) is 6.72. The van der Waals surface area contributed by atoms with E-state index in [9.17, 15) is 20.2 Å². The number of rotatable bonds is 4. The van der Waals surface area contributed by atoms with Gasteiger partial charge in [-0.1, -0.05) is 0 Å². The number of hydrogen-bond donors (Lipinski definition) is 0. The fourth-order valence-electron chi connectivity index (χ4n) is 4.16. The third-order valence-corrected chi connectivity index (χ3v) is 7.18. The summed E-state index contributed by atoms with van der Waals surface area (Å²) in [6, 6.07) is 3.87. The first-order chi connectivity index (χ1) is 9.99. The van der Waals surface area contributed by atoms with Gasteiger partial charge in [0.15, 0.2) is 0 Å². The third kappa shape index (κ3) is 1.80. The normalized spacial score (nSPS) is 38.5. The first kappa shape index (κ1) is 13.3. The molecule has 0 radical (unpaired) electrons. The van der Waals surface area contributed by atoms with Crippen molar-refractivity contribution in [1.29, 1.82) is 0 Å². The van der Waals surface area contributed by atoms with Crippen molar-refractivity contribution in [2.45, 2.75) is 21.9 Å². The zero-order valence-corrected chi connectivity index (χ0v) is 12.3. The number of nitro benzene ring substituents is 2. The van der Waals surface area contributed by atoms with Gasteiger partial charge in [-0.3, -0.25) is 20.2 Å². The topological polar surface area (TPSA) is 86.3 Å². The van der Waals surface area contributed by atoms with E-state index in [0.717, 1.165) is 12.5 Å². The molecular weight excluding hydrogens is 316 g/mol. The lowest BCUT2D eigenvalue weighted by Crippen LogP contribution is -2.13. The van der Waals surface area contributed by atoms with E-state index in [4.69, 9.17) is 11.6 Å². The molecule has 0 aliphatic heterocycles. The molecule has 5 rings (SSSR count). The fraction of sp³-hybridized carbons (Fsp3) is 0.538. The van der Waals surface area contributed by atoms with Crippen molar-refractivity contribution >= 4 is 34.7 Å². The Bertz CT molecular complexity index is 670. The average Bonchev–Trinajstić information content (AvgIpc) is 2.75. The Kier molecular flexibility index (Phi) is 2.75. The molecule has 4 aliphatic carbocycles. The number of benzene rings is 1. The van der Waals surface area contributed by atoms with E-state index in [1.807, 2.05) is 0 Å². The van der Waals surface area contributed by atoms with Crippen molar-refractivity contribution in [2.24, 2.45) is 23.7 Å². The molecule has 6 atom stereocenters. The summed E-state index contributed by atoms with van der Waals surface area (Å²) in [5, 5.41) is 22.4. The molecule has 1 aromatic rings. The summed E-state index contributed by atoms with van der Waals surface area (Å²) in [6.07, 6.45) is 1.13. The maximum atomic E-state index is 11.2. The Hall–Kier alpha value is -1.34. The summed E-state index contributed by atoms with van der Waals surface area (Å²) in [7, 11) is 0. The van der Waals surface area contributed by atoms with E-state index in [-0.39, 0.29) is 16.8 Å². The van der Waals surface area contributed by atoms with Crippen LogP contribution in [-0.2, 0) is 0 Å². The minimum atomic E-state index is -0.611. The molecule has 0 N–H and O–H groups in total. The molecule has 8 heteroatoms. The second-order valence-electron chi connectivity index (χ2n) is 5.91. The lowest BCUT2D eigenvalue weighted by Gasteiger charge is -2.16. The highest BCUT2D eigenvalue weighted by molar-refractivity contribution is 8.00. The molecule has 0 spiro atoms. The molecule has 2 unspecified atom stereocenters. The van der Waals surface area contributed by atoms with Crippen molar-refractivity contribution < 1.29 is 9.85 Å². The number of hydrogen-bond acceptors (Lipinski definition) is 5. The van der Waals surface area contributed by atoms with Gasteiger partial charge in [-0.25, -0.2) is 0 Å². The van der Waals surface area contributed by atoms with Gasteiger partial charge in [0.1, 0.15) is 0 Å². The SMILES string of the molecule is O=[N+]([O-])c1ccc(S[C@@H]2C3C4[C@H]3C[C@H]2[C@@H]4Cl)c([N+](=O)[O-])c1. The Morgan fingerprint density at radius 3 is 2.38 bits per heavy atom. The maximum absolute atomic E-state index is 11.2. The molecule has 1 aromatic carbocycles. The van der Waals surface area contributed by atoms with Crippen LogP contribution in [0.2, 0.25) is 0 Å². The number of thioether (sulfide) groups is 1. The van der Waals surface area contributed by atoms with Crippen LogP contribution in [0.3, 0.4) is 0 Å². The summed E-state index contributed by atoms with van der Waals surface area (Å²) >= 11 is 7.87. The van der Waals surface area contributed by atoms with Crippen LogP contribution in [0.5, 0.6) is 0 Å². The Morgan fingerprint density at radius 2 is 1.90 bits per heavy atom. The van der Waals surface area contributed by atoms with Gasteiger partial charge >= 0.3 is 0 Å². The highest BCUT2D eigenvalue weighted by Crippen LogP contribution is 2.75. The van der Waals surface area contributed by atoms with Gasteiger partial charge in [0.05, 0.1) is 20.8 Å². The third-order valence-electron chi connectivity index (χ3n) is 5.03. The van der Waals surface area contributed by atoms with E-state index >= 15 is 0 Å². The Morgan fingerprint density at radius 1 is 1.14 bits per heavy atom. The quantitative estimate of drug-likeness (QED) is 0.480. The highest BCUT2D eigenvalue weighted by atomic mass is 35.5. The van der Waals surface area contributed by atoms with Crippen molar-refractivity contribution in [3.63, 3.8) is 0 Å². The van der Waals surface area contributed by atoms with E-state index in [2.05, 4.69) is 0 Å². The standard InChI is InChI=1S/C13H11ClN2O4S/c14-12-7-4-6-10(12)11(6)13(7)21-9-2-1-5(15(17)18)3-8(9)16(19)20/h1-3,6-7,10-13H,4H2/t6-,7+,10?,11?,12+,13+/m1/s1. The largest absolute Gasteiger partial charge is 0.289 e. The van der Waals surface area contributed by atoms with Crippen molar-refractivity contribution in [1.82, 2.24) is 0 Å². The van der Waals surface area contributed by atoms with Gasteiger partial charge in [-0.05, 0) is 36.2 Å².